The number of carbonyl (C=O) groups excluding carboxylic acids is 1. The van der Waals surface area contributed by atoms with E-state index in [0.717, 1.165) is 52.0 Å². The molecule has 5 nitrogen and oxygen atoms in total. The maximum absolute atomic E-state index is 11.7. The molecule has 0 aromatic carbocycles. The third-order valence-electron chi connectivity index (χ3n) is 4.79. The number of nitrogens with zero attached hydrogens (tertiary/aromatic N) is 2. The normalized spacial score (nSPS) is 23.9. The molecule has 1 aliphatic heterocycles. The van der Waals surface area contributed by atoms with Crippen LogP contribution >= 0.6 is 0 Å². The number of likely N-dealkylation sites (N-methyl/N-ethyl adjacent to an activating group) is 1. The van der Waals surface area contributed by atoms with E-state index in [0.29, 0.717) is 6.04 Å². The molecule has 0 spiro atoms. The van der Waals surface area contributed by atoms with E-state index in [4.69, 9.17) is 5.73 Å². The topological polar surface area (TPSA) is 61.6 Å². The Balaban J connectivity index is 2.38. The maximum atomic E-state index is 11.7. The number of rotatable bonds is 9. The van der Waals surface area contributed by atoms with Crippen LogP contribution in [0.25, 0.3) is 0 Å². The van der Waals surface area contributed by atoms with Crippen molar-refractivity contribution in [3.63, 3.8) is 0 Å². The summed E-state index contributed by atoms with van der Waals surface area (Å²) in [5.74, 6) is -0.235. The second kappa shape index (κ2) is 8.71. The highest BCUT2D eigenvalue weighted by atomic mass is 16.1. The molecular weight excluding hydrogens is 264 g/mol. The molecule has 1 saturated heterocycles. The lowest BCUT2D eigenvalue weighted by Gasteiger charge is -2.39. The van der Waals surface area contributed by atoms with Gasteiger partial charge in [0.1, 0.15) is 0 Å². The fourth-order valence-electron chi connectivity index (χ4n) is 3.01. The van der Waals surface area contributed by atoms with Crippen molar-refractivity contribution >= 4 is 5.91 Å². The predicted molar refractivity (Wildman–Crippen MR) is 88.3 cm³/mol. The van der Waals surface area contributed by atoms with Crippen molar-refractivity contribution in [1.82, 2.24) is 15.1 Å². The van der Waals surface area contributed by atoms with Crippen molar-refractivity contribution < 1.29 is 4.79 Å². The van der Waals surface area contributed by atoms with Gasteiger partial charge in [-0.2, -0.15) is 0 Å². The molecule has 0 saturated carbocycles. The van der Waals surface area contributed by atoms with Gasteiger partial charge in [0, 0.05) is 25.7 Å². The van der Waals surface area contributed by atoms with Crippen LogP contribution in [0.15, 0.2) is 0 Å². The Morgan fingerprint density at radius 1 is 1.38 bits per heavy atom. The first-order valence-corrected chi connectivity index (χ1v) is 8.40. The fourth-order valence-corrected chi connectivity index (χ4v) is 3.01. The van der Waals surface area contributed by atoms with Gasteiger partial charge in [-0.1, -0.05) is 13.8 Å². The molecule has 0 radical (unpaired) electrons. The van der Waals surface area contributed by atoms with Crippen LogP contribution in [0.3, 0.4) is 0 Å². The number of primary amides is 1. The van der Waals surface area contributed by atoms with Crippen molar-refractivity contribution in [3.05, 3.63) is 0 Å². The Kier molecular flexibility index (Phi) is 7.63. The SMILES string of the molecule is CCCNC(C)(CCCN1CCN(C)C(CC)C1)C(N)=O. The fraction of sp³-hybridized carbons (Fsp3) is 0.938. The van der Waals surface area contributed by atoms with Crippen molar-refractivity contribution in [2.45, 2.75) is 58.0 Å². The standard InChI is InChI=1S/C16H34N4O/c1-5-9-18-16(3,15(17)21)8-7-10-20-12-11-19(4)14(6-2)13-20/h14,18H,5-13H2,1-4H3,(H2,17,21). The zero-order valence-electron chi connectivity index (χ0n) is 14.3. The Morgan fingerprint density at radius 3 is 2.67 bits per heavy atom. The van der Waals surface area contributed by atoms with Gasteiger partial charge in [-0.3, -0.25) is 4.79 Å². The number of hydrogen-bond acceptors (Lipinski definition) is 4. The molecule has 0 aromatic rings. The highest BCUT2D eigenvalue weighted by molar-refractivity contribution is 5.84. The molecule has 0 bridgehead atoms. The lowest BCUT2D eigenvalue weighted by Crippen LogP contribution is -2.54. The molecule has 0 aliphatic carbocycles. The Bertz CT molecular complexity index is 323. The summed E-state index contributed by atoms with van der Waals surface area (Å²) in [5, 5.41) is 3.31. The van der Waals surface area contributed by atoms with Crippen LogP contribution in [0, 0.1) is 0 Å². The summed E-state index contributed by atoms with van der Waals surface area (Å²) >= 11 is 0. The van der Waals surface area contributed by atoms with Crippen LogP contribution in [0.4, 0.5) is 0 Å². The first kappa shape index (κ1) is 18.4. The average Bonchev–Trinajstić information content (AvgIpc) is 2.46. The van der Waals surface area contributed by atoms with Gasteiger partial charge in [0.05, 0.1) is 5.54 Å². The van der Waals surface area contributed by atoms with E-state index in [1.54, 1.807) is 0 Å². The monoisotopic (exact) mass is 298 g/mol. The van der Waals surface area contributed by atoms with Gasteiger partial charge in [-0.15, -0.1) is 0 Å². The van der Waals surface area contributed by atoms with E-state index in [9.17, 15) is 4.79 Å². The minimum atomic E-state index is -0.563. The number of hydrogen-bond donors (Lipinski definition) is 2. The second-order valence-corrected chi connectivity index (χ2v) is 6.57. The number of amides is 1. The van der Waals surface area contributed by atoms with Crippen LogP contribution in [-0.2, 0) is 4.79 Å². The molecular formula is C16H34N4O. The summed E-state index contributed by atoms with van der Waals surface area (Å²) in [5.41, 5.74) is 5.01. The molecule has 1 fully saturated rings. The average molecular weight is 298 g/mol. The summed E-state index contributed by atoms with van der Waals surface area (Å²) in [6.07, 6.45) is 4.03. The van der Waals surface area contributed by atoms with Gasteiger partial charge in [-0.05, 0) is 52.7 Å². The molecule has 1 aliphatic rings. The minimum absolute atomic E-state index is 0.235. The number of piperazine rings is 1. The number of nitrogens with two attached hydrogens (primary N) is 1. The zero-order valence-corrected chi connectivity index (χ0v) is 14.3. The summed E-state index contributed by atoms with van der Waals surface area (Å²) in [4.78, 5) is 16.7. The van der Waals surface area contributed by atoms with E-state index in [1.165, 1.54) is 6.42 Å². The van der Waals surface area contributed by atoms with Crippen LogP contribution in [0.5, 0.6) is 0 Å². The molecule has 3 N–H and O–H groups in total. The van der Waals surface area contributed by atoms with E-state index in [1.807, 2.05) is 6.92 Å². The van der Waals surface area contributed by atoms with Gasteiger partial charge in [0.15, 0.2) is 0 Å². The smallest absolute Gasteiger partial charge is 0.237 e. The highest BCUT2D eigenvalue weighted by Gasteiger charge is 2.30. The lowest BCUT2D eigenvalue weighted by molar-refractivity contribution is -0.124. The van der Waals surface area contributed by atoms with Gasteiger partial charge < -0.3 is 20.9 Å². The molecule has 124 valence electrons. The summed E-state index contributed by atoms with van der Waals surface area (Å²) in [6.45, 7) is 11.6. The number of nitrogens with one attached hydrogen (secondary N) is 1. The van der Waals surface area contributed by atoms with Crippen molar-refractivity contribution in [1.29, 1.82) is 0 Å². The summed E-state index contributed by atoms with van der Waals surface area (Å²) in [6, 6.07) is 0.666. The van der Waals surface area contributed by atoms with Gasteiger partial charge >= 0.3 is 0 Å². The second-order valence-electron chi connectivity index (χ2n) is 6.57. The van der Waals surface area contributed by atoms with E-state index in [2.05, 4.69) is 36.0 Å². The third-order valence-corrected chi connectivity index (χ3v) is 4.79. The molecule has 2 unspecified atom stereocenters. The Labute approximate surface area is 130 Å². The Hall–Kier alpha value is -0.650. The first-order chi connectivity index (χ1) is 9.92. The molecule has 1 amide bonds. The molecule has 1 heterocycles. The van der Waals surface area contributed by atoms with Gasteiger partial charge in [0.2, 0.25) is 5.91 Å². The van der Waals surface area contributed by atoms with Crippen molar-refractivity contribution in [2.24, 2.45) is 5.73 Å². The largest absolute Gasteiger partial charge is 0.368 e. The summed E-state index contributed by atoms with van der Waals surface area (Å²) in [7, 11) is 2.21. The van der Waals surface area contributed by atoms with E-state index < -0.39 is 5.54 Å². The third kappa shape index (κ3) is 5.57. The van der Waals surface area contributed by atoms with Crippen LogP contribution in [-0.4, -0.2) is 67.1 Å². The molecule has 1 rings (SSSR count). The molecule has 0 aromatic heterocycles. The van der Waals surface area contributed by atoms with Crippen molar-refractivity contribution in [3.8, 4) is 0 Å². The number of carbonyl (C=O) groups is 1. The van der Waals surface area contributed by atoms with Gasteiger partial charge in [0.25, 0.3) is 0 Å². The van der Waals surface area contributed by atoms with E-state index >= 15 is 0 Å². The highest BCUT2D eigenvalue weighted by Crippen LogP contribution is 2.15. The van der Waals surface area contributed by atoms with Crippen LogP contribution in [0.2, 0.25) is 0 Å². The predicted octanol–water partition coefficient (Wildman–Crippen LogP) is 1.04. The van der Waals surface area contributed by atoms with Gasteiger partial charge in [-0.25, -0.2) is 0 Å². The van der Waals surface area contributed by atoms with Crippen LogP contribution < -0.4 is 11.1 Å². The molecule has 2 atom stereocenters. The maximum Gasteiger partial charge on any atom is 0.237 e. The summed E-state index contributed by atoms with van der Waals surface area (Å²) < 4.78 is 0. The van der Waals surface area contributed by atoms with Crippen molar-refractivity contribution in [2.75, 3.05) is 39.8 Å². The quantitative estimate of drug-likeness (QED) is 0.667. The molecule has 5 heteroatoms. The van der Waals surface area contributed by atoms with Crippen LogP contribution in [0.1, 0.15) is 46.5 Å². The Morgan fingerprint density at radius 2 is 2.10 bits per heavy atom. The molecule has 21 heavy (non-hydrogen) atoms. The lowest BCUT2D eigenvalue weighted by atomic mass is 9.94. The van der Waals surface area contributed by atoms with E-state index in [-0.39, 0.29) is 5.91 Å². The zero-order chi connectivity index (χ0) is 15.9. The first-order valence-electron chi connectivity index (χ1n) is 8.40. The minimum Gasteiger partial charge on any atom is -0.368 e.